The molecule has 0 saturated carbocycles. The Hall–Kier alpha value is -3.00. The zero-order valence-corrected chi connectivity index (χ0v) is 12.4. The molecule has 1 aliphatic heterocycles. The van der Waals surface area contributed by atoms with Gasteiger partial charge in [-0.05, 0) is 29.8 Å². The summed E-state index contributed by atoms with van der Waals surface area (Å²) in [4.78, 5) is 8.42. The third kappa shape index (κ3) is 3.43. The van der Waals surface area contributed by atoms with Crippen molar-refractivity contribution >= 4 is 11.8 Å². The Balaban J connectivity index is 1.79. The predicted octanol–water partition coefficient (Wildman–Crippen LogP) is 3.53. The van der Waals surface area contributed by atoms with E-state index >= 15 is 0 Å². The van der Waals surface area contributed by atoms with Gasteiger partial charge in [0, 0.05) is 30.0 Å². The lowest BCUT2D eigenvalue weighted by Crippen LogP contribution is -2.04. The zero-order chi connectivity index (χ0) is 16.1. The van der Waals surface area contributed by atoms with Gasteiger partial charge in [-0.3, -0.25) is 4.99 Å². The van der Waals surface area contributed by atoms with Crippen molar-refractivity contribution in [3.63, 3.8) is 0 Å². The summed E-state index contributed by atoms with van der Waals surface area (Å²) in [7, 11) is 0. The van der Waals surface area contributed by atoms with Crippen molar-refractivity contribution in [3.05, 3.63) is 65.1 Å². The first kappa shape index (κ1) is 14.9. The van der Waals surface area contributed by atoms with Crippen LogP contribution in [0.4, 0.5) is 4.39 Å². The average molecular weight is 307 g/mol. The van der Waals surface area contributed by atoms with Gasteiger partial charge in [-0.25, -0.2) is 9.37 Å². The molecular weight excluding hydrogens is 293 g/mol. The van der Waals surface area contributed by atoms with E-state index in [4.69, 9.17) is 10.00 Å². The summed E-state index contributed by atoms with van der Waals surface area (Å²) < 4.78 is 19.6. The first-order valence-corrected chi connectivity index (χ1v) is 7.22. The Labute approximate surface area is 133 Å². The topological polar surface area (TPSA) is 58.3 Å². The van der Waals surface area contributed by atoms with Gasteiger partial charge in [0.1, 0.15) is 12.4 Å². The van der Waals surface area contributed by atoms with Gasteiger partial charge in [0.2, 0.25) is 5.88 Å². The molecule has 114 valence electrons. The number of allylic oxidation sites excluding steroid dienone is 1. The third-order valence-electron chi connectivity index (χ3n) is 3.55. The van der Waals surface area contributed by atoms with Crippen LogP contribution in [0.15, 0.2) is 47.6 Å². The summed E-state index contributed by atoms with van der Waals surface area (Å²) in [5, 5.41) is 8.77. The molecule has 3 rings (SSSR count). The minimum atomic E-state index is -0.453. The van der Waals surface area contributed by atoms with E-state index in [-0.39, 0.29) is 12.2 Å². The number of hydrogen-bond donors (Lipinski definition) is 0. The number of halogens is 1. The van der Waals surface area contributed by atoms with E-state index in [0.717, 1.165) is 17.6 Å². The molecule has 4 nitrogen and oxygen atoms in total. The lowest BCUT2D eigenvalue weighted by atomic mass is 10.0. The molecule has 0 unspecified atom stereocenters. The van der Waals surface area contributed by atoms with Crippen LogP contribution in [0.25, 0.3) is 5.57 Å². The zero-order valence-electron chi connectivity index (χ0n) is 12.4. The molecule has 1 aliphatic rings. The number of rotatable bonds is 4. The van der Waals surface area contributed by atoms with Gasteiger partial charge in [-0.2, -0.15) is 5.26 Å². The first-order valence-electron chi connectivity index (χ1n) is 7.22. The monoisotopic (exact) mass is 307 g/mol. The van der Waals surface area contributed by atoms with Crippen molar-refractivity contribution in [1.29, 1.82) is 5.26 Å². The van der Waals surface area contributed by atoms with Crippen LogP contribution in [0, 0.1) is 17.1 Å². The van der Waals surface area contributed by atoms with Crippen LogP contribution in [0.3, 0.4) is 0 Å². The molecule has 0 N–H and O–H groups in total. The van der Waals surface area contributed by atoms with Crippen LogP contribution < -0.4 is 4.74 Å². The lowest BCUT2D eigenvalue weighted by molar-refractivity contribution is 0.287. The second kappa shape index (κ2) is 6.84. The van der Waals surface area contributed by atoms with Gasteiger partial charge in [0.25, 0.3) is 0 Å². The molecular formula is C18H14FN3O. The van der Waals surface area contributed by atoms with E-state index < -0.39 is 5.82 Å². The standard InChI is InChI=1S/C18H14FN3O/c19-17-10-13(11-20)3-4-15(17)12-23-18-16(2-1-7-22-18)14-5-8-21-9-6-14/h1-5,7,9-10H,6,8,12H2. The summed E-state index contributed by atoms with van der Waals surface area (Å²) in [6.45, 7) is 0.705. The Bertz CT molecular complexity index is 821. The Kier molecular flexibility index (Phi) is 4.44. The maximum Gasteiger partial charge on any atom is 0.221 e. The highest BCUT2D eigenvalue weighted by molar-refractivity contribution is 5.82. The molecule has 23 heavy (non-hydrogen) atoms. The van der Waals surface area contributed by atoms with Crippen molar-refractivity contribution in [3.8, 4) is 11.9 Å². The number of ether oxygens (including phenoxy) is 1. The van der Waals surface area contributed by atoms with Crippen molar-refractivity contribution < 1.29 is 9.13 Å². The lowest BCUT2D eigenvalue weighted by Gasteiger charge is -2.13. The molecule has 0 fully saturated rings. The van der Waals surface area contributed by atoms with Crippen LogP contribution in [0.1, 0.15) is 23.1 Å². The number of benzene rings is 1. The second-order valence-corrected chi connectivity index (χ2v) is 5.04. The highest BCUT2D eigenvalue weighted by atomic mass is 19.1. The van der Waals surface area contributed by atoms with Crippen molar-refractivity contribution in [2.45, 2.75) is 13.0 Å². The molecule has 0 bridgehead atoms. The SMILES string of the molecule is N#Cc1ccc(COc2ncccc2C2=CCN=CC2)c(F)c1. The maximum absolute atomic E-state index is 13.9. The van der Waals surface area contributed by atoms with Gasteiger partial charge >= 0.3 is 0 Å². The number of pyridine rings is 1. The highest BCUT2D eigenvalue weighted by Gasteiger charge is 2.12. The van der Waals surface area contributed by atoms with E-state index in [0.29, 0.717) is 18.0 Å². The molecule has 2 heterocycles. The normalized spacial score (nSPS) is 13.3. The van der Waals surface area contributed by atoms with Crippen molar-refractivity contribution in [2.75, 3.05) is 6.54 Å². The summed E-state index contributed by atoms with van der Waals surface area (Å²) in [6, 6.07) is 10.0. The molecule has 1 aromatic carbocycles. The predicted molar refractivity (Wildman–Crippen MR) is 85.6 cm³/mol. The number of hydrogen-bond acceptors (Lipinski definition) is 4. The van der Waals surface area contributed by atoms with E-state index in [1.165, 1.54) is 6.07 Å². The van der Waals surface area contributed by atoms with E-state index in [1.807, 2.05) is 30.5 Å². The molecule has 0 aliphatic carbocycles. The van der Waals surface area contributed by atoms with E-state index in [2.05, 4.69) is 9.98 Å². The third-order valence-corrected chi connectivity index (χ3v) is 3.55. The second-order valence-electron chi connectivity index (χ2n) is 5.04. The number of aromatic nitrogens is 1. The molecule has 0 amide bonds. The fraction of sp³-hybridized carbons (Fsp3) is 0.167. The van der Waals surface area contributed by atoms with Crippen molar-refractivity contribution in [2.24, 2.45) is 4.99 Å². The first-order chi connectivity index (χ1) is 11.3. The van der Waals surface area contributed by atoms with Crippen LogP contribution in [0.2, 0.25) is 0 Å². The van der Waals surface area contributed by atoms with Gasteiger partial charge in [-0.1, -0.05) is 12.1 Å². The fourth-order valence-electron chi connectivity index (χ4n) is 2.33. The number of dihydropyridines is 1. The fourth-order valence-corrected chi connectivity index (χ4v) is 2.33. The summed E-state index contributed by atoms with van der Waals surface area (Å²) in [5.74, 6) is 0.0170. The van der Waals surface area contributed by atoms with Crippen LogP contribution in [0.5, 0.6) is 5.88 Å². The average Bonchev–Trinajstić information content (AvgIpc) is 2.61. The maximum atomic E-state index is 13.9. The molecule has 2 aromatic rings. The summed E-state index contributed by atoms with van der Waals surface area (Å²) in [6.07, 6.45) is 6.28. The summed E-state index contributed by atoms with van der Waals surface area (Å²) in [5.41, 5.74) is 2.67. The molecule has 0 saturated heterocycles. The molecule has 0 spiro atoms. The van der Waals surface area contributed by atoms with Crippen LogP contribution in [-0.2, 0) is 6.61 Å². The Morgan fingerprint density at radius 1 is 1.30 bits per heavy atom. The molecule has 1 aromatic heterocycles. The summed E-state index contributed by atoms with van der Waals surface area (Å²) >= 11 is 0. The minimum Gasteiger partial charge on any atom is -0.472 e. The van der Waals surface area contributed by atoms with Crippen molar-refractivity contribution in [1.82, 2.24) is 4.98 Å². The van der Waals surface area contributed by atoms with Crippen LogP contribution >= 0.6 is 0 Å². The Morgan fingerprint density at radius 2 is 2.22 bits per heavy atom. The largest absolute Gasteiger partial charge is 0.472 e. The highest BCUT2D eigenvalue weighted by Crippen LogP contribution is 2.27. The number of aliphatic imine (C=N–C) groups is 1. The van der Waals surface area contributed by atoms with Gasteiger partial charge in [-0.15, -0.1) is 0 Å². The van der Waals surface area contributed by atoms with Crippen LogP contribution in [-0.4, -0.2) is 17.7 Å². The Morgan fingerprint density at radius 3 is 2.96 bits per heavy atom. The number of nitriles is 1. The molecule has 0 atom stereocenters. The van der Waals surface area contributed by atoms with Gasteiger partial charge in [0.05, 0.1) is 18.2 Å². The van der Waals surface area contributed by atoms with Gasteiger partial charge in [0.15, 0.2) is 0 Å². The minimum absolute atomic E-state index is 0.0585. The molecule has 5 heteroatoms. The molecule has 0 radical (unpaired) electrons. The smallest absolute Gasteiger partial charge is 0.221 e. The van der Waals surface area contributed by atoms with Gasteiger partial charge < -0.3 is 4.74 Å². The van der Waals surface area contributed by atoms with E-state index in [9.17, 15) is 4.39 Å². The quantitative estimate of drug-likeness (QED) is 0.868. The van der Waals surface area contributed by atoms with E-state index in [1.54, 1.807) is 18.3 Å². The number of nitrogens with zero attached hydrogens (tertiary/aromatic N) is 3.